The predicted molar refractivity (Wildman–Crippen MR) is 68.6 cm³/mol. The lowest BCUT2D eigenvalue weighted by Gasteiger charge is -2.31. The second-order valence-electron chi connectivity index (χ2n) is 5.00. The summed E-state index contributed by atoms with van der Waals surface area (Å²) in [6, 6.07) is 7.64. The van der Waals surface area contributed by atoms with E-state index in [1.165, 1.54) is 12.8 Å². The molecule has 1 amide bonds. The van der Waals surface area contributed by atoms with Gasteiger partial charge in [-0.05, 0) is 36.9 Å². The standard InChI is InChI=1S/C14H20N2O/c1-11-5-4-8-16(9-11)10-12-6-2-3-7-13(12)14(15)17/h2-3,6-7,11H,4-5,8-10H2,1H3,(H2,15,17). The van der Waals surface area contributed by atoms with E-state index in [0.29, 0.717) is 5.56 Å². The van der Waals surface area contributed by atoms with Gasteiger partial charge in [-0.2, -0.15) is 0 Å². The molecule has 1 unspecified atom stereocenters. The molecular weight excluding hydrogens is 212 g/mol. The van der Waals surface area contributed by atoms with E-state index in [0.717, 1.165) is 31.1 Å². The van der Waals surface area contributed by atoms with Gasteiger partial charge in [0.05, 0.1) is 0 Å². The van der Waals surface area contributed by atoms with Crippen molar-refractivity contribution >= 4 is 5.91 Å². The molecule has 1 saturated heterocycles. The Balaban J connectivity index is 2.10. The van der Waals surface area contributed by atoms with Crippen LogP contribution in [-0.2, 0) is 6.54 Å². The lowest BCUT2D eigenvalue weighted by Crippen LogP contribution is -2.34. The van der Waals surface area contributed by atoms with Gasteiger partial charge in [-0.15, -0.1) is 0 Å². The highest BCUT2D eigenvalue weighted by Crippen LogP contribution is 2.19. The summed E-state index contributed by atoms with van der Waals surface area (Å²) in [7, 11) is 0. The largest absolute Gasteiger partial charge is 0.366 e. The Labute approximate surface area is 103 Å². The number of amides is 1. The molecular formula is C14H20N2O. The first-order valence-corrected chi connectivity index (χ1v) is 6.27. The molecule has 1 heterocycles. The first-order chi connectivity index (χ1) is 8.16. The Bertz CT molecular complexity index is 403. The molecule has 1 aliphatic rings. The first kappa shape index (κ1) is 12.1. The van der Waals surface area contributed by atoms with Crippen molar-refractivity contribution in [2.24, 2.45) is 11.7 Å². The van der Waals surface area contributed by atoms with Crippen molar-refractivity contribution in [3.8, 4) is 0 Å². The van der Waals surface area contributed by atoms with Gasteiger partial charge in [0.25, 0.3) is 0 Å². The maximum Gasteiger partial charge on any atom is 0.249 e. The third-order valence-electron chi connectivity index (χ3n) is 3.42. The number of carbonyl (C=O) groups is 1. The van der Waals surface area contributed by atoms with Gasteiger partial charge in [0.2, 0.25) is 5.91 Å². The number of carbonyl (C=O) groups excluding carboxylic acids is 1. The Morgan fingerprint density at radius 1 is 1.47 bits per heavy atom. The molecule has 0 bridgehead atoms. The van der Waals surface area contributed by atoms with Crippen molar-refractivity contribution in [2.75, 3.05) is 13.1 Å². The lowest BCUT2D eigenvalue weighted by molar-refractivity contribution is 0.0997. The molecule has 1 atom stereocenters. The van der Waals surface area contributed by atoms with Gasteiger partial charge < -0.3 is 5.73 Å². The van der Waals surface area contributed by atoms with E-state index in [2.05, 4.69) is 11.8 Å². The number of piperidine rings is 1. The topological polar surface area (TPSA) is 46.3 Å². The maximum absolute atomic E-state index is 11.3. The van der Waals surface area contributed by atoms with Crippen LogP contribution < -0.4 is 5.73 Å². The summed E-state index contributed by atoms with van der Waals surface area (Å²) in [4.78, 5) is 13.7. The van der Waals surface area contributed by atoms with Crippen molar-refractivity contribution in [3.05, 3.63) is 35.4 Å². The van der Waals surface area contributed by atoms with E-state index < -0.39 is 0 Å². The molecule has 0 radical (unpaired) electrons. The van der Waals surface area contributed by atoms with Crippen LogP contribution in [-0.4, -0.2) is 23.9 Å². The molecule has 17 heavy (non-hydrogen) atoms. The van der Waals surface area contributed by atoms with Gasteiger partial charge in [0, 0.05) is 18.7 Å². The Morgan fingerprint density at radius 2 is 2.24 bits per heavy atom. The molecule has 3 nitrogen and oxygen atoms in total. The van der Waals surface area contributed by atoms with E-state index in [-0.39, 0.29) is 5.91 Å². The molecule has 0 aromatic heterocycles. The molecule has 2 N–H and O–H groups in total. The van der Waals surface area contributed by atoms with Crippen LogP contribution in [0.3, 0.4) is 0 Å². The number of benzene rings is 1. The number of hydrogen-bond acceptors (Lipinski definition) is 2. The van der Waals surface area contributed by atoms with Gasteiger partial charge in [0.1, 0.15) is 0 Å². The normalized spacial score (nSPS) is 21.4. The van der Waals surface area contributed by atoms with Crippen LogP contribution >= 0.6 is 0 Å². The zero-order chi connectivity index (χ0) is 12.3. The van der Waals surface area contributed by atoms with Gasteiger partial charge in [-0.25, -0.2) is 0 Å². The van der Waals surface area contributed by atoms with E-state index >= 15 is 0 Å². The maximum atomic E-state index is 11.3. The van der Waals surface area contributed by atoms with Crippen molar-refractivity contribution in [3.63, 3.8) is 0 Å². The lowest BCUT2D eigenvalue weighted by atomic mass is 9.99. The first-order valence-electron chi connectivity index (χ1n) is 6.27. The molecule has 1 aliphatic heterocycles. The molecule has 1 aromatic rings. The smallest absolute Gasteiger partial charge is 0.249 e. The van der Waals surface area contributed by atoms with Crippen LogP contribution in [0.15, 0.2) is 24.3 Å². The minimum absolute atomic E-state index is 0.328. The number of primary amides is 1. The van der Waals surface area contributed by atoms with Crippen molar-refractivity contribution in [2.45, 2.75) is 26.3 Å². The van der Waals surface area contributed by atoms with E-state index in [1.807, 2.05) is 24.3 Å². The molecule has 0 aliphatic carbocycles. The van der Waals surface area contributed by atoms with Crippen LogP contribution in [0, 0.1) is 5.92 Å². The quantitative estimate of drug-likeness (QED) is 0.866. The summed E-state index contributed by atoms with van der Waals surface area (Å²) >= 11 is 0. The SMILES string of the molecule is CC1CCCN(Cc2ccccc2C(N)=O)C1. The van der Waals surface area contributed by atoms with Crippen molar-refractivity contribution in [1.29, 1.82) is 0 Å². The second kappa shape index (κ2) is 5.32. The third-order valence-corrected chi connectivity index (χ3v) is 3.42. The molecule has 0 spiro atoms. The monoisotopic (exact) mass is 232 g/mol. The molecule has 0 saturated carbocycles. The zero-order valence-corrected chi connectivity index (χ0v) is 10.4. The summed E-state index contributed by atoms with van der Waals surface area (Å²) in [5.74, 6) is 0.426. The highest BCUT2D eigenvalue weighted by molar-refractivity contribution is 5.94. The van der Waals surface area contributed by atoms with Gasteiger partial charge in [0.15, 0.2) is 0 Å². The Hall–Kier alpha value is -1.35. The third kappa shape index (κ3) is 3.07. The molecule has 92 valence electrons. The molecule has 3 heteroatoms. The summed E-state index contributed by atoms with van der Waals surface area (Å²) in [5, 5.41) is 0. The zero-order valence-electron chi connectivity index (χ0n) is 10.4. The van der Waals surface area contributed by atoms with Gasteiger partial charge in [-0.3, -0.25) is 9.69 Å². The highest BCUT2D eigenvalue weighted by atomic mass is 16.1. The average molecular weight is 232 g/mol. The fourth-order valence-corrected chi connectivity index (χ4v) is 2.57. The van der Waals surface area contributed by atoms with Crippen molar-refractivity contribution < 1.29 is 4.79 Å². The van der Waals surface area contributed by atoms with Gasteiger partial charge in [-0.1, -0.05) is 25.1 Å². The van der Waals surface area contributed by atoms with Crippen molar-refractivity contribution in [1.82, 2.24) is 4.90 Å². The van der Waals surface area contributed by atoms with Crippen LogP contribution in [0.2, 0.25) is 0 Å². The van der Waals surface area contributed by atoms with E-state index in [1.54, 1.807) is 0 Å². The fourth-order valence-electron chi connectivity index (χ4n) is 2.57. The average Bonchev–Trinajstić information content (AvgIpc) is 2.29. The fraction of sp³-hybridized carbons (Fsp3) is 0.500. The summed E-state index contributed by atoms with van der Waals surface area (Å²) in [6.07, 6.45) is 2.56. The van der Waals surface area contributed by atoms with Crippen LogP contribution in [0.1, 0.15) is 35.7 Å². The number of nitrogens with zero attached hydrogens (tertiary/aromatic N) is 1. The predicted octanol–water partition coefficient (Wildman–Crippen LogP) is 2.02. The summed E-state index contributed by atoms with van der Waals surface area (Å²) < 4.78 is 0. The van der Waals surface area contributed by atoms with E-state index in [4.69, 9.17) is 5.73 Å². The molecule has 2 rings (SSSR count). The Kier molecular flexibility index (Phi) is 3.79. The van der Waals surface area contributed by atoms with E-state index in [9.17, 15) is 4.79 Å². The number of hydrogen-bond donors (Lipinski definition) is 1. The Morgan fingerprint density at radius 3 is 2.94 bits per heavy atom. The number of rotatable bonds is 3. The minimum atomic E-state index is -0.328. The summed E-state index contributed by atoms with van der Waals surface area (Å²) in [6.45, 7) is 5.36. The van der Waals surface area contributed by atoms with Crippen LogP contribution in [0.25, 0.3) is 0 Å². The molecule has 1 fully saturated rings. The highest BCUT2D eigenvalue weighted by Gasteiger charge is 2.18. The number of nitrogens with two attached hydrogens (primary N) is 1. The minimum Gasteiger partial charge on any atom is -0.366 e. The summed E-state index contributed by atoms with van der Waals surface area (Å²) in [5.41, 5.74) is 7.10. The second-order valence-corrected chi connectivity index (χ2v) is 5.00. The van der Waals surface area contributed by atoms with Crippen LogP contribution in [0.4, 0.5) is 0 Å². The van der Waals surface area contributed by atoms with Crippen LogP contribution in [0.5, 0.6) is 0 Å². The number of likely N-dealkylation sites (tertiary alicyclic amines) is 1. The molecule has 1 aromatic carbocycles. The van der Waals surface area contributed by atoms with Gasteiger partial charge >= 0.3 is 0 Å².